The molecule has 1 N–H and O–H groups in total. The summed E-state index contributed by atoms with van der Waals surface area (Å²) in [6, 6.07) is 6.69. The first kappa shape index (κ1) is 25.0. The molecule has 0 aliphatic carbocycles. The Hall–Kier alpha value is -3.11. The summed E-state index contributed by atoms with van der Waals surface area (Å²) < 4.78 is 35.5. The number of aliphatic hydroxyl groups is 1. The summed E-state index contributed by atoms with van der Waals surface area (Å²) in [6.07, 6.45) is 6.71. The van der Waals surface area contributed by atoms with Crippen molar-refractivity contribution in [3.8, 4) is 5.88 Å². The summed E-state index contributed by atoms with van der Waals surface area (Å²) in [7, 11) is 0. The minimum absolute atomic E-state index is 0.0135. The van der Waals surface area contributed by atoms with E-state index < -0.39 is 23.3 Å². The third-order valence-electron chi connectivity index (χ3n) is 6.65. The van der Waals surface area contributed by atoms with Gasteiger partial charge in [-0.1, -0.05) is 19.4 Å². The zero-order valence-corrected chi connectivity index (χ0v) is 20.1. The maximum Gasteiger partial charge on any atom is 0.213 e. The van der Waals surface area contributed by atoms with E-state index in [1.807, 2.05) is 25.3 Å². The second-order valence-electron chi connectivity index (χ2n) is 8.90. The molecule has 1 aromatic carbocycles. The summed E-state index contributed by atoms with van der Waals surface area (Å²) in [5, 5.41) is 15.9. The van der Waals surface area contributed by atoms with Gasteiger partial charge < -0.3 is 14.7 Å². The zero-order chi connectivity index (χ0) is 24.8. The van der Waals surface area contributed by atoms with Gasteiger partial charge in [-0.15, -0.1) is 0 Å². The number of piperazine rings is 1. The molecular formula is C25H32F2N6O2. The molecule has 2 unspecified atom stereocenters. The van der Waals surface area contributed by atoms with E-state index in [-0.39, 0.29) is 12.1 Å². The highest BCUT2D eigenvalue weighted by molar-refractivity contribution is 5.46. The van der Waals surface area contributed by atoms with Crippen LogP contribution in [0.2, 0.25) is 0 Å². The number of pyridine rings is 1. The molecular weight excluding hydrogens is 454 g/mol. The Morgan fingerprint density at radius 2 is 1.94 bits per heavy atom. The van der Waals surface area contributed by atoms with Crippen LogP contribution in [-0.4, -0.2) is 68.6 Å². The van der Waals surface area contributed by atoms with Crippen LogP contribution in [-0.2, 0) is 12.1 Å². The van der Waals surface area contributed by atoms with Gasteiger partial charge >= 0.3 is 0 Å². The number of hydrogen-bond acceptors (Lipinski definition) is 7. The third kappa shape index (κ3) is 5.76. The Kier molecular flexibility index (Phi) is 7.92. The number of unbranched alkanes of at least 4 members (excludes halogenated alkanes) is 1. The van der Waals surface area contributed by atoms with Crippen molar-refractivity contribution in [2.75, 3.05) is 37.7 Å². The average Bonchev–Trinajstić information content (AvgIpc) is 3.37. The molecule has 1 aliphatic heterocycles. The summed E-state index contributed by atoms with van der Waals surface area (Å²) in [5.41, 5.74) is -0.609. The maximum absolute atomic E-state index is 14.8. The normalized spacial score (nSPS) is 17.2. The molecule has 4 rings (SSSR count). The van der Waals surface area contributed by atoms with Crippen LogP contribution in [0.15, 0.2) is 49.2 Å². The van der Waals surface area contributed by atoms with Crippen LogP contribution in [0.25, 0.3) is 0 Å². The Balaban J connectivity index is 1.46. The Bertz CT molecular complexity index is 1070. The van der Waals surface area contributed by atoms with Gasteiger partial charge in [-0.3, -0.25) is 4.90 Å². The van der Waals surface area contributed by atoms with Crippen LogP contribution in [0, 0.1) is 11.6 Å². The van der Waals surface area contributed by atoms with Crippen molar-refractivity contribution in [2.45, 2.75) is 44.9 Å². The number of benzene rings is 1. The molecule has 10 heteroatoms. The number of halogens is 2. The minimum atomic E-state index is -1.65. The maximum atomic E-state index is 14.8. The van der Waals surface area contributed by atoms with Gasteiger partial charge in [0.2, 0.25) is 5.88 Å². The van der Waals surface area contributed by atoms with E-state index >= 15 is 0 Å². The first-order chi connectivity index (χ1) is 16.9. The summed E-state index contributed by atoms with van der Waals surface area (Å²) >= 11 is 0. The first-order valence-corrected chi connectivity index (χ1v) is 12.0. The van der Waals surface area contributed by atoms with Crippen molar-refractivity contribution in [3.05, 3.63) is 66.4 Å². The smallest absolute Gasteiger partial charge is 0.213 e. The van der Waals surface area contributed by atoms with E-state index in [1.54, 1.807) is 0 Å². The monoisotopic (exact) mass is 486 g/mol. The largest absolute Gasteiger partial charge is 0.478 e. The molecule has 0 radical (unpaired) electrons. The number of hydrogen-bond donors (Lipinski definition) is 1. The van der Waals surface area contributed by atoms with Crippen molar-refractivity contribution < 1.29 is 18.6 Å². The lowest BCUT2D eigenvalue weighted by Crippen LogP contribution is -2.57. The van der Waals surface area contributed by atoms with E-state index in [9.17, 15) is 13.9 Å². The van der Waals surface area contributed by atoms with Crippen molar-refractivity contribution in [3.63, 3.8) is 0 Å². The van der Waals surface area contributed by atoms with E-state index in [1.165, 1.54) is 23.4 Å². The van der Waals surface area contributed by atoms with Gasteiger partial charge in [0.25, 0.3) is 0 Å². The molecule has 0 bridgehead atoms. The fraction of sp³-hybridized carbons (Fsp3) is 0.480. The zero-order valence-electron chi connectivity index (χ0n) is 20.1. The number of anilines is 1. The van der Waals surface area contributed by atoms with E-state index in [4.69, 9.17) is 4.74 Å². The molecule has 3 aromatic rings. The van der Waals surface area contributed by atoms with Crippen LogP contribution in [0.4, 0.5) is 14.5 Å². The van der Waals surface area contributed by atoms with Gasteiger partial charge in [0.05, 0.1) is 25.0 Å². The van der Waals surface area contributed by atoms with E-state index in [0.29, 0.717) is 38.7 Å². The highest BCUT2D eigenvalue weighted by Crippen LogP contribution is 2.33. The van der Waals surface area contributed by atoms with Gasteiger partial charge in [0.1, 0.15) is 29.9 Å². The van der Waals surface area contributed by atoms with Gasteiger partial charge in [-0.05, 0) is 25.5 Å². The predicted molar refractivity (Wildman–Crippen MR) is 128 cm³/mol. The number of ether oxygens (including phenoxy) is 1. The molecule has 188 valence electrons. The van der Waals surface area contributed by atoms with E-state index in [2.05, 4.69) is 31.8 Å². The lowest BCUT2D eigenvalue weighted by Gasteiger charge is -2.45. The average molecular weight is 487 g/mol. The Morgan fingerprint density at radius 3 is 2.57 bits per heavy atom. The fourth-order valence-electron chi connectivity index (χ4n) is 4.48. The molecule has 2 atom stereocenters. The second kappa shape index (κ2) is 11.1. The quantitative estimate of drug-likeness (QED) is 0.441. The molecule has 1 fully saturated rings. The highest BCUT2D eigenvalue weighted by Gasteiger charge is 2.42. The summed E-state index contributed by atoms with van der Waals surface area (Å²) in [5.74, 6) is -0.856. The molecule has 0 spiro atoms. The van der Waals surface area contributed by atoms with Crippen LogP contribution >= 0.6 is 0 Å². The van der Waals surface area contributed by atoms with E-state index in [0.717, 1.165) is 30.7 Å². The first-order valence-electron chi connectivity index (χ1n) is 12.0. The molecule has 1 saturated heterocycles. The van der Waals surface area contributed by atoms with Crippen LogP contribution < -0.4 is 9.64 Å². The predicted octanol–water partition coefficient (Wildman–Crippen LogP) is 3.23. The lowest BCUT2D eigenvalue weighted by molar-refractivity contribution is -0.0650. The van der Waals surface area contributed by atoms with Crippen LogP contribution in [0.3, 0.4) is 0 Å². The molecule has 0 amide bonds. The number of aromatic nitrogens is 4. The number of rotatable bonds is 10. The van der Waals surface area contributed by atoms with Crippen molar-refractivity contribution in [1.82, 2.24) is 24.6 Å². The second-order valence-corrected chi connectivity index (χ2v) is 8.90. The Labute approximate surface area is 204 Å². The van der Waals surface area contributed by atoms with Gasteiger partial charge in [0, 0.05) is 49.9 Å². The van der Waals surface area contributed by atoms with Crippen LogP contribution in [0.1, 0.15) is 32.3 Å². The van der Waals surface area contributed by atoms with Crippen molar-refractivity contribution in [1.29, 1.82) is 0 Å². The van der Waals surface area contributed by atoms with Gasteiger partial charge in [-0.2, -0.15) is 5.10 Å². The summed E-state index contributed by atoms with van der Waals surface area (Å²) in [4.78, 5) is 12.7. The fourth-order valence-corrected chi connectivity index (χ4v) is 4.48. The minimum Gasteiger partial charge on any atom is -0.478 e. The number of nitrogens with zero attached hydrogens (tertiary/aromatic N) is 6. The lowest BCUT2D eigenvalue weighted by atomic mass is 9.85. The van der Waals surface area contributed by atoms with Crippen molar-refractivity contribution in [2.24, 2.45) is 0 Å². The van der Waals surface area contributed by atoms with Gasteiger partial charge in [0.15, 0.2) is 0 Å². The summed E-state index contributed by atoms with van der Waals surface area (Å²) in [6.45, 7) is 7.36. The Morgan fingerprint density at radius 1 is 1.14 bits per heavy atom. The molecule has 2 aromatic heterocycles. The molecule has 3 heterocycles. The molecule has 1 aliphatic rings. The third-order valence-corrected chi connectivity index (χ3v) is 6.65. The SMILES string of the molecule is CCCCOc1ccc(N2CCN(C(C)C(O)(Cn3cncn3)c3ccc(F)cc3F)CC2)cn1. The van der Waals surface area contributed by atoms with Gasteiger partial charge in [-0.25, -0.2) is 23.4 Å². The van der Waals surface area contributed by atoms with Crippen LogP contribution in [0.5, 0.6) is 5.88 Å². The molecule has 35 heavy (non-hydrogen) atoms. The van der Waals surface area contributed by atoms with Crippen molar-refractivity contribution >= 4 is 5.69 Å². The topological polar surface area (TPSA) is 79.5 Å². The highest BCUT2D eigenvalue weighted by atomic mass is 19.1. The molecule has 8 nitrogen and oxygen atoms in total. The standard InChI is InChI=1S/C25H32F2N6O2/c1-3-4-13-35-24-8-6-21(15-29-24)32-11-9-31(10-12-32)19(2)25(34,16-33-18-28-17-30-33)22-7-5-20(26)14-23(22)27/h5-8,14-15,17-19,34H,3-4,9-13,16H2,1-2H3. The molecule has 0 saturated carbocycles.